The maximum Gasteiger partial charge on any atom is 0.430 e. The maximum atomic E-state index is 13.5. The van der Waals surface area contributed by atoms with Crippen molar-refractivity contribution >= 4 is 23.5 Å². The van der Waals surface area contributed by atoms with E-state index in [0.717, 1.165) is 17.0 Å². The molecule has 2 aliphatic rings. The summed E-state index contributed by atoms with van der Waals surface area (Å²) in [7, 11) is 0. The number of hydrogen-bond acceptors (Lipinski definition) is 7. The molecule has 0 saturated carbocycles. The van der Waals surface area contributed by atoms with E-state index >= 15 is 0 Å². The van der Waals surface area contributed by atoms with Crippen molar-refractivity contribution in [1.29, 1.82) is 0 Å². The van der Waals surface area contributed by atoms with Gasteiger partial charge in [-0.1, -0.05) is 25.5 Å². The topological polar surface area (TPSA) is 115 Å². The molecule has 1 aromatic heterocycles. The normalized spacial score (nSPS) is 21.0. The first kappa shape index (κ1) is 35.8. The van der Waals surface area contributed by atoms with Crippen LogP contribution in [0.25, 0.3) is 0 Å². The van der Waals surface area contributed by atoms with Gasteiger partial charge >= 0.3 is 18.4 Å². The van der Waals surface area contributed by atoms with Crippen LogP contribution in [-0.4, -0.2) is 88.4 Å². The molecule has 47 heavy (non-hydrogen) atoms. The zero-order valence-corrected chi connectivity index (χ0v) is 26.5. The first-order valence-electron chi connectivity index (χ1n) is 15.1. The molecule has 10 nitrogen and oxygen atoms in total. The molecular weight excluding hydrogens is 636 g/mol. The summed E-state index contributed by atoms with van der Waals surface area (Å²) in [6.45, 7) is 8.42. The van der Waals surface area contributed by atoms with Gasteiger partial charge in [0.15, 0.2) is 5.54 Å². The number of anilines is 1. The number of amides is 4. The van der Waals surface area contributed by atoms with Crippen LogP contribution in [0.3, 0.4) is 0 Å². The summed E-state index contributed by atoms with van der Waals surface area (Å²) in [5, 5.41) is 12.5. The number of nitrogens with one attached hydrogen (secondary N) is 1. The van der Waals surface area contributed by atoms with Gasteiger partial charge in [-0.05, 0) is 57.9 Å². The molecule has 0 bridgehead atoms. The number of nitrogens with zero attached hydrogens (tertiary/aromatic N) is 4. The number of aliphatic hydroxyl groups is 1. The number of aryl methyl sites for hydroxylation is 1. The van der Waals surface area contributed by atoms with E-state index in [1.807, 2.05) is 13.8 Å². The van der Waals surface area contributed by atoms with Crippen LogP contribution in [0.2, 0.25) is 0 Å². The lowest BCUT2D eigenvalue weighted by Gasteiger charge is -2.42. The van der Waals surface area contributed by atoms with Crippen molar-refractivity contribution in [1.82, 2.24) is 20.1 Å². The molecule has 3 heterocycles. The summed E-state index contributed by atoms with van der Waals surface area (Å²) >= 11 is 0. The van der Waals surface area contributed by atoms with Gasteiger partial charge in [-0.3, -0.25) is 19.5 Å². The van der Waals surface area contributed by atoms with Crippen LogP contribution < -0.4 is 15.0 Å². The lowest BCUT2D eigenvalue weighted by molar-refractivity contribution is -0.376. The Hall–Kier alpha value is -4.08. The molecule has 2 aliphatic heterocycles. The summed E-state index contributed by atoms with van der Waals surface area (Å²) in [6, 6.07) is 4.43. The van der Waals surface area contributed by atoms with Crippen LogP contribution in [0.15, 0.2) is 36.5 Å². The Bertz CT molecular complexity index is 1490. The van der Waals surface area contributed by atoms with Gasteiger partial charge in [0.1, 0.15) is 12.3 Å². The smallest absolute Gasteiger partial charge is 0.430 e. The minimum absolute atomic E-state index is 0.0980. The van der Waals surface area contributed by atoms with Gasteiger partial charge in [0.2, 0.25) is 5.91 Å². The predicted octanol–water partition coefficient (Wildman–Crippen LogP) is 4.64. The molecule has 2 saturated heterocycles. The lowest BCUT2D eigenvalue weighted by atomic mass is 9.89. The second-order valence-corrected chi connectivity index (χ2v) is 12.2. The molecule has 0 spiro atoms. The summed E-state index contributed by atoms with van der Waals surface area (Å²) in [4.78, 5) is 47.8. The highest BCUT2D eigenvalue weighted by Crippen LogP contribution is 2.50. The number of imide groups is 1. The highest BCUT2D eigenvalue weighted by atomic mass is 19.4. The van der Waals surface area contributed by atoms with E-state index in [0.29, 0.717) is 23.9 Å². The number of ether oxygens (including phenoxy) is 1. The molecule has 2 N–H and O–H groups in total. The zero-order valence-electron chi connectivity index (χ0n) is 26.5. The Balaban J connectivity index is 1.48. The summed E-state index contributed by atoms with van der Waals surface area (Å²) in [6.07, 6.45) is -10.2. The van der Waals surface area contributed by atoms with Crippen LogP contribution in [0, 0.1) is 0 Å². The number of urea groups is 1. The number of halogens is 6. The van der Waals surface area contributed by atoms with Crippen molar-refractivity contribution in [2.24, 2.45) is 0 Å². The van der Waals surface area contributed by atoms with Crippen LogP contribution in [0.1, 0.15) is 57.9 Å². The second-order valence-electron chi connectivity index (χ2n) is 12.2. The highest BCUT2D eigenvalue weighted by Gasteiger charge is 2.71. The Kier molecular flexibility index (Phi) is 9.78. The molecule has 16 heteroatoms. The van der Waals surface area contributed by atoms with E-state index < -0.39 is 59.5 Å². The monoisotopic (exact) mass is 673 g/mol. The van der Waals surface area contributed by atoms with Gasteiger partial charge in [0.25, 0.3) is 11.5 Å². The molecule has 2 atom stereocenters. The molecule has 0 aliphatic carbocycles. The van der Waals surface area contributed by atoms with Crippen LogP contribution >= 0.6 is 0 Å². The number of carbonyl (C=O) groups excluding carboxylic acids is 3. The maximum absolute atomic E-state index is 13.5. The average molecular weight is 674 g/mol. The third-order valence-electron chi connectivity index (χ3n) is 8.32. The minimum atomic E-state index is -6.01. The Labute approximate surface area is 267 Å². The van der Waals surface area contributed by atoms with Crippen LogP contribution in [0.4, 0.5) is 36.8 Å². The van der Waals surface area contributed by atoms with Gasteiger partial charge in [-0.25, -0.2) is 4.79 Å². The van der Waals surface area contributed by atoms with Gasteiger partial charge < -0.3 is 25.0 Å². The third-order valence-corrected chi connectivity index (χ3v) is 8.32. The third kappa shape index (κ3) is 6.69. The molecule has 2 aromatic rings. The molecular formula is C31H37F6N5O5. The van der Waals surface area contributed by atoms with E-state index in [-0.39, 0.29) is 43.4 Å². The molecule has 4 amide bonds. The van der Waals surface area contributed by atoms with E-state index in [9.17, 15) is 45.8 Å². The number of hydrogen-bond donors (Lipinski definition) is 2. The highest BCUT2D eigenvalue weighted by molar-refractivity contribution is 6.09. The van der Waals surface area contributed by atoms with E-state index in [1.165, 1.54) is 18.0 Å². The fourth-order valence-electron chi connectivity index (χ4n) is 5.86. The van der Waals surface area contributed by atoms with Crippen molar-refractivity contribution in [2.75, 3.05) is 31.1 Å². The number of rotatable bonds is 9. The number of piperazine rings is 1. The van der Waals surface area contributed by atoms with Gasteiger partial charge in [0, 0.05) is 36.9 Å². The molecule has 2 unspecified atom stereocenters. The number of alkyl halides is 6. The molecule has 0 radical (unpaired) electrons. The number of carbonyl (C=O) groups is 3. The van der Waals surface area contributed by atoms with Crippen molar-refractivity contribution in [2.45, 2.75) is 83.1 Å². The standard InChI is InChI=1S/C31H37F6N5O5/c1-6-7-20-14-21(29(46,30(32,33)34)31(35,36)37)8-10-23(20)41-13-12-40(16-19(41)4)25(43)17-42-26(44)28(5,39-27(42)45)24-11-9-22(15-38-24)47-18(2)3/h8-11,14-15,18-19,46H,6-7,12-13,16-17H2,1-5H3,(H,39,45). The van der Waals surface area contributed by atoms with E-state index in [1.54, 1.807) is 30.9 Å². The molecule has 4 rings (SSSR count). The van der Waals surface area contributed by atoms with Crippen molar-refractivity contribution < 1.29 is 50.6 Å². The summed E-state index contributed by atoms with van der Waals surface area (Å²) in [5.41, 5.74) is -7.09. The van der Waals surface area contributed by atoms with Gasteiger partial charge in [-0.2, -0.15) is 26.3 Å². The SMILES string of the molecule is CCCc1cc(C(O)(C(F)(F)F)C(F)(F)F)ccc1N1CCN(C(=O)CN2C(=O)NC(C)(c3ccc(OC(C)C)cn3)C2=O)CC1C. The van der Waals surface area contributed by atoms with E-state index in [2.05, 4.69) is 10.3 Å². The lowest BCUT2D eigenvalue weighted by Crippen LogP contribution is -2.56. The summed E-state index contributed by atoms with van der Waals surface area (Å²) in [5.74, 6) is -0.719. The molecule has 1 aromatic carbocycles. The quantitative estimate of drug-likeness (QED) is 0.295. The number of aromatic nitrogens is 1. The van der Waals surface area contributed by atoms with E-state index in [4.69, 9.17) is 4.74 Å². The first-order chi connectivity index (χ1) is 21.7. The fourth-order valence-corrected chi connectivity index (χ4v) is 5.86. The Morgan fingerprint density at radius 2 is 1.77 bits per heavy atom. The fraction of sp³-hybridized carbons (Fsp3) is 0.548. The number of benzene rings is 1. The van der Waals surface area contributed by atoms with Crippen molar-refractivity contribution in [3.05, 3.63) is 53.3 Å². The second kappa shape index (κ2) is 12.8. The van der Waals surface area contributed by atoms with Gasteiger partial charge in [-0.15, -0.1) is 0 Å². The van der Waals surface area contributed by atoms with Crippen LogP contribution in [-0.2, 0) is 27.1 Å². The van der Waals surface area contributed by atoms with Crippen LogP contribution in [0.5, 0.6) is 5.75 Å². The Morgan fingerprint density at radius 3 is 2.30 bits per heavy atom. The summed E-state index contributed by atoms with van der Waals surface area (Å²) < 4.78 is 86.8. The van der Waals surface area contributed by atoms with Crippen molar-refractivity contribution in [3.8, 4) is 5.75 Å². The average Bonchev–Trinajstić information content (AvgIpc) is 3.19. The molecule has 2 fully saturated rings. The molecule has 258 valence electrons. The predicted molar refractivity (Wildman–Crippen MR) is 157 cm³/mol. The zero-order chi connectivity index (χ0) is 35.1. The van der Waals surface area contributed by atoms with Gasteiger partial charge in [0.05, 0.1) is 18.0 Å². The largest absolute Gasteiger partial charge is 0.489 e. The Morgan fingerprint density at radius 1 is 1.11 bits per heavy atom. The number of pyridine rings is 1. The minimum Gasteiger partial charge on any atom is -0.489 e. The van der Waals surface area contributed by atoms with Crippen molar-refractivity contribution in [3.63, 3.8) is 0 Å². The first-order valence-corrected chi connectivity index (χ1v) is 15.1.